The van der Waals surface area contributed by atoms with Crippen LogP contribution in [0, 0.1) is 0 Å². The number of hydrogen-bond donors (Lipinski definition) is 2. The van der Waals surface area contributed by atoms with E-state index in [2.05, 4.69) is 22.1 Å². The van der Waals surface area contributed by atoms with Crippen molar-refractivity contribution in [1.29, 1.82) is 0 Å². The zero-order valence-electron chi connectivity index (χ0n) is 15.3. The number of aromatic amines is 1. The van der Waals surface area contributed by atoms with Gasteiger partial charge < -0.3 is 15.5 Å². The topological polar surface area (TPSA) is 63.9 Å². The van der Waals surface area contributed by atoms with Crippen molar-refractivity contribution in [3.63, 3.8) is 0 Å². The summed E-state index contributed by atoms with van der Waals surface area (Å²) in [7, 11) is 1.67. The number of halogens is 1. The molecule has 2 aromatic carbocycles. The van der Waals surface area contributed by atoms with Crippen molar-refractivity contribution in [1.82, 2.24) is 9.97 Å². The zero-order valence-corrected chi connectivity index (χ0v) is 16.0. The summed E-state index contributed by atoms with van der Waals surface area (Å²) in [4.78, 5) is 8.14. The Balaban J connectivity index is 1.96. The minimum atomic E-state index is 0.702. The lowest BCUT2D eigenvalue weighted by Crippen LogP contribution is -1.99. The van der Waals surface area contributed by atoms with Crippen LogP contribution >= 0.6 is 11.6 Å². The fourth-order valence-electron chi connectivity index (χ4n) is 3.69. The third kappa shape index (κ3) is 3.27. The number of pyridine rings is 1. The second kappa shape index (κ2) is 7.59. The number of unbranched alkanes of at least 4 members (excludes halogenated alkanes) is 1. The molecule has 0 atom stereocenters. The molecule has 3 N–H and O–H groups in total. The molecule has 4 aromatic rings. The highest BCUT2D eigenvalue weighted by atomic mass is 35.5. The van der Waals surface area contributed by atoms with E-state index in [1.54, 1.807) is 13.3 Å². The third-order valence-corrected chi connectivity index (χ3v) is 5.21. The van der Waals surface area contributed by atoms with E-state index >= 15 is 0 Å². The predicted octanol–water partition coefficient (Wildman–Crippen LogP) is 5.33. The van der Waals surface area contributed by atoms with Gasteiger partial charge in [0.1, 0.15) is 11.3 Å². The van der Waals surface area contributed by atoms with E-state index in [1.165, 1.54) is 10.9 Å². The number of nitrogens with two attached hydrogens (primary N) is 1. The Morgan fingerprint density at radius 2 is 2.00 bits per heavy atom. The molecule has 2 aromatic heterocycles. The van der Waals surface area contributed by atoms with Crippen molar-refractivity contribution in [2.75, 3.05) is 13.7 Å². The molecule has 0 aliphatic heterocycles. The number of aryl methyl sites for hydroxylation is 1. The fourth-order valence-corrected chi connectivity index (χ4v) is 3.86. The van der Waals surface area contributed by atoms with E-state index in [4.69, 9.17) is 22.1 Å². The maximum atomic E-state index is 6.28. The van der Waals surface area contributed by atoms with Gasteiger partial charge in [-0.15, -0.1) is 0 Å². The van der Waals surface area contributed by atoms with E-state index in [0.29, 0.717) is 6.54 Å². The van der Waals surface area contributed by atoms with E-state index in [0.717, 1.165) is 57.7 Å². The summed E-state index contributed by atoms with van der Waals surface area (Å²) < 4.78 is 5.50. The van der Waals surface area contributed by atoms with Crippen LogP contribution in [0.1, 0.15) is 18.4 Å². The fraction of sp³-hybridized carbons (Fsp3) is 0.227. The summed E-state index contributed by atoms with van der Waals surface area (Å²) in [5.74, 6) is 0.776. The van der Waals surface area contributed by atoms with Gasteiger partial charge in [0.25, 0.3) is 0 Å². The van der Waals surface area contributed by atoms with Crippen LogP contribution in [0.15, 0.2) is 48.7 Å². The molecule has 4 rings (SSSR count). The van der Waals surface area contributed by atoms with Gasteiger partial charge in [0.2, 0.25) is 0 Å². The van der Waals surface area contributed by atoms with Gasteiger partial charge in [0, 0.05) is 33.1 Å². The first-order chi connectivity index (χ1) is 13.2. The Labute approximate surface area is 163 Å². The number of H-pyrrole nitrogens is 1. The lowest BCUT2D eigenvalue weighted by atomic mass is 9.97. The van der Waals surface area contributed by atoms with Gasteiger partial charge in [0.15, 0.2) is 0 Å². The molecule has 2 heterocycles. The Kier molecular flexibility index (Phi) is 5.01. The van der Waals surface area contributed by atoms with Crippen LogP contribution in [0.2, 0.25) is 5.02 Å². The third-order valence-electron chi connectivity index (χ3n) is 4.97. The summed E-state index contributed by atoms with van der Waals surface area (Å²) >= 11 is 6.28. The average molecular weight is 380 g/mol. The van der Waals surface area contributed by atoms with Gasteiger partial charge in [0.05, 0.1) is 12.8 Å². The largest absolute Gasteiger partial charge is 0.494 e. The molecule has 0 fully saturated rings. The molecule has 0 saturated carbocycles. The Morgan fingerprint density at radius 1 is 1.11 bits per heavy atom. The van der Waals surface area contributed by atoms with Crippen LogP contribution in [0.25, 0.3) is 33.1 Å². The number of nitrogens with one attached hydrogen (secondary N) is 1. The molecular weight excluding hydrogens is 358 g/mol. The molecule has 0 radical (unpaired) electrons. The first-order valence-electron chi connectivity index (χ1n) is 9.15. The molecule has 138 valence electrons. The van der Waals surface area contributed by atoms with E-state index < -0.39 is 0 Å². The van der Waals surface area contributed by atoms with Crippen molar-refractivity contribution in [3.05, 3.63) is 59.2 Å². The second-order valence-corrected chi connectivity index (χ2v) is 7.07. The number of rotatable bonds is 6. The number of ether oxygens (including phenoxy) is 1. The minimum absolute atomic E-state index is 0.702. The zero-order chi connectivity index (χ0) is 18.8. The molecule has 5 heteroatoms. The van der Waals surface area contributed by atoms with Crippen molar-refractivity contribution in [2.24, 2.45) is 5.73 Å². The van der Waals surface area contributed by atoms with Gasteiger partial charge in [-0.1, -0.05) is 17.7 Å². The SMILES string of the molecule is COc1ccc(-c2[nH]c3ccc(Cl)cc3c2CCCCN)c2cccnc12. The summed E-state index contributed by atoms with van der Waals surface area (Å²) in [5, 5.41) is 2.98. The quantitative estimate of drug-likeness (QED) is 0.445. The van der Waals surface area contributed by atoms with Gasteiger partial charge in [-0.2, -0.15) is 0 Å². The van der Waals surface area contributed by atoms with Crippen LogP contribution in [-0.4, -0.2) is 23.6 Å². The molecule has 0 spiro atoms. The predicted molar refractivity (Wildman–Crippen MR) is 113 cm³/mol. The van der Waals surface area contributed by atoms with Crippen molar-refractivity contribution in [3.8, 4) is 17.0 Å². The van der Waals surface area contributed by atoms with Crippen LogP contribution in [0.4, 0.5) is 0 Å². The average Bonchev–Trinajstić information content (AvgIpc) is 3.05. The Bertz CT molecular complexity index is 1100. The maximum Gasteiger partial charge on any atom is 0.145 e. The summed E-state index contributed by atoms with van der Waals surface area (Å²) in [6, 6.07) is 14.1. The highest BCUT2D eigenvalue weighted by Crippen LogP contribution is 2.38. The van der Waals surface area contributed by atoms with Crippen LogP contribution < -0.4 is 10.5 Å². The minimum Gasteiger partial charge on any atom is -0.494 e. The summed E-state index contributed by atoms with van der Waals surface area (Å²) in [6.07, 6.45) is 4.77. The summed E-state index contributed by atoms with van der Waals surface area (Å²) in [6.45, 7) is 0.702. The van der Waals surface area contributed by atoms with Gasteiger partial charge in [-0.05, 0) is 67.8 Å². The highest BCUT2D eigenvalue weighted by molar-refractivity contribution is 6.31. The Hall–Kier alpha value is -2.56. The molecule has 0 aliphatic carbocycles. The summed E-state index contributed by atoms with van der Waals surface area (Å²) in [5.41, 5.74) is 11.2. The molecular formula is C22H22ClN3O. The van der Waals surface area contributed by atoms with Crippen molar-refractivity contribution >= 4 is 33.4 Å². The Morgan fingerprint density at radius 3 is 2.81 bits per heavy atom. The molecule has 0 amide bonds. The van der Waals surface area contributed by atoms with E-state index in [-0.39, 0.29) is 0 Å². The molecule has 0 bridgehead atoms. The molecule has 27 heavy (non-hydrogen) atoms. The normalized spacial score (nSPS) is 11.4. The standard InChI is InChI=1S/C22H22ClN3O/c1-27-20-10-8-17(15-6-4-12-25-22(15)20)21-16(5-2-3-11-24)18-13-14(23)7-9-19(18)26-21/h4,6-10,12-13,26H,2-3,5,11,24H2,1H3. The molecule has 0 aliphatic rings. The first-order valence-corrected chi connectivity index (χ1v) is 9.53. The van der Waals surface area contributed by atoms with E-state index in [9.17, 15) is 0 Å². The smallest absolute Gasteiger partial charge is 0.145 e. The number of benzene rings is 2. The second-order valence-electron chi connectivity index (χ2n) is 6.63. The van der Waals surface area contributed by atoms with Crippen molar-refractivity contribution < 1.29 is 4.74 Å². The van der Waals surface area contributed by atoms with E-state index in [1.807, 2.05) is 30.3 Å². The lowest BCUT2D eigenvalue weighted by Gasteiger charge is -2.11. The van der Waals surface area contributed by atoms with Crippen LogP contribution in [0.5, 0.6) is 5.75 Å². The van der Waals surface area contributed by atoms with Crippen LogP contribution in [0.3, 0.4) is 0 Å². The number of fused-ring (bicyclic) bond motifs is 2. The first kappa shape index (κ1) is 17.8. The molecule has 4 nitrogen and oxygen atoms in total. The van der Waals surface area contributed by atoms with Crippen molar-refractivity contribution in [2.45, 2.75) is 19.3 Å². The monoisotopic (exact) mass is 379 g/mol. The van der Waals surface area contributed by atoms with Crippen LogP contribution in [-0.2, 0) is 6.42 Å². The van der Waals surface area contributed by atoms with Gasteiger partial charge in [-0.3, -0.25) is 4.98 Å². The number of hydrogen-bond acceptors (Lipinski definition) is 3. The number of nitrogens with zero attached hydrogens (tertiary/aromatic N) is 1. The lowest BCUT2D eigenvalue weighted by molar-refractivity contribution is 0.419. The number of aromatic nitrogens is 2. The van der Waals surface area contributed by atoms with Gasteiger partial charge >= 0.3 is 0 Å². The highest BCUT2D eigenvalue weighted by Gasteiger charge is 2.17. The maximum absolute atomic E-state index is 6.28. The molecule has 0 saturated heterocycles. The molecule has 0 unspecified atom stereocenters. The van der Waals surface area contributed by atoms with Gasteiger partial charge in [-0.25, -0.2) is 0 Å². The number of methoxy groups -OCH3 is 1.